The molecule has 0 radical (unpaired) electrons. The van der Waals surface area contributed by atoms with Crippen molar-refractivity contribution in [1.82, 2.24) is 9.88 Å². The quantitative estimate of drug-likeness (QED) is 0.711. The van der Waals surface area contributed by atoms with Gasteiger partial charge in [0.1, 0.15) is 0 Å². The van der Waals surface area contributed by atoms with Gasteiger partial charge in [0.25, 0.3) is 0 Å². The molecular formula is C14H25N3O2S. The normalized spacial score (nSPS) is 12.4. The van der Waals surface area contributed by atoms with Crippen LogP contribution >= 0.6 is 11.3 Å². The van der Waals surface area contributed by atoms with Crippen LogP contribution in [0.5, 0.6) is 0 Å². The molecule has 0 bridgehead atoms. The second-order valence-electron chi connectivity index (χ2n) is 4.74. The van der Waals surface area contributed by atoms with E-state index in [1.54, 1.807) is 5.38 Å². The Morgan fingerprint density at radius 2 is 2.20 bits per heavy atom. The van der Waals surface area contributed by atoms with E-state index in [0.717, 1.165) is 37.6 Å². The van der Waals surface area contributed by atoms with Crippen molar-refractivity contribution >= 4 is 22.4 Å². The van der Waals surface area contributed by atoms with E-state index in [-0.39, 0.29) is 5.97 Å². The van der Waals surface area contributed by atoms with Gasteiger partial charge in [-0.3, -0.25) is 0 Å². The maximum absolute atomic E-state index is 11.3. The molecule has 0 aliphatic carbocycles. The van der Waals surface area contributed by atoms with Gasteiger partial charge in [-0.05, 0) is 39.4 Å². The van der Waals surface area contributed by atoms with Crippen molar-refractivity contribution < 1.29 is 9.53 Å². The summed E-state index contributed by atoms with van der Waals surface area (Å²) in [7, 11) is 1.37. The minimum Gasteiger partial charge on any atom is -0.464 e. The number of hydrogen-bond donors (Lipinski definition) is 1. The highest BCUT2D eigenvalue weighted by molar-refractivity contribution is 7.13. The summed E-state index contributed by atoms with van der Waals surface area (Å²) >= 11 is 1.44. The van der Waals surface area contributed by atoms with E-state index in [1.165, 1.54) is 18.4 Å². The summed E-state index contributed by atoms with van der Waals surface area (Å²) in [5.41, 5.74) is 0.371. The molecule has 1 rings (SSSR count). The summed E-state index contributed by atoms with van der Waals surface area (Å²) in [6.45, 7) is 9.86. The van der Waals surface area contributed by atoms with Crippen LogP contribution < -0.4 is 5.32 Å². The number of nitrogens with zero attached hydrogens (tertiary/aromatic N) is 2. The van der Waals surface area contributed by atoms with Gasteiger partial charge in [-0.25, -0.2) is 9.78 Å². The Kier molecular flexibility index (Phi) is 7.54. The molecule has 1 N–H and O–H groups in total. The number of anilines is 1. The monoisotopic (exact) mass is 299 g/mol. The van der Waals surface area contributed by atoms with Gasteiger partial charge in [0.05, 0.1) is 7.11 Å². The molecule has 1 atom stereocenters. The lowest BCUT2D eigenvalue weighted by atomic mass is 10.2. The first kappa shape index (κ1) is 16.9. The summed E-state index contributed by atoms with van der Waals surface area (Å²) in [4.78, 5) is 18.0. The second kappa shape index (κ2) is 8.92. The van der Waals surface area contributed by atoms with Crippen LogP contribution in [0.2, 0.25) is 0 Å². The summed E-state index contributed by atoms with van der Waals surface area (Å²) in [5, 5.41) is 5.83. The predicted molar refractivity (Wildman–Crippen MR) is 83.6 cm³/mol. The van der Waals surface area contributed by atoms with Crippen LogP contribution in [-0.4, -0.2) is 48.6 Å². The van der Waals surface area contributed by atoms with E-state index < -0.39 is 0 Å². The van der Waals surface area contributed by atoms with Crippen LogP contribution in [0, 0.1) is 0 Å². The Balaban J connectivity index is 2.33. The zero-order valence-corrected chi connectivity index (χ0v) is 13.6. The summed E-state index contributed by atoms with van der Waals surface area (Å²) in [6.07, 6.45) is 2.24. The molecule has 5 nitrogen and oxygen atoms in total. The predicted octanol–water partition coefficient (Wildman–Crippen LogP) is 2.85. The van der Waals surface area contributed by atoms with Crippen molar-refractivity contribution in [3.8, 4) is 0 Å². The van der Waals surface area contributed by atoms with E-state index in [0.29, 0.717) is 11.7 Å². The largest absolute Gasteiger partial charge is 0.464 e. The molecule has 0 saturated carbocycles. The topological polar surface area (TPSA) is 54.5 Å². The molecule has 1 heterocycles. The molecule has 0 aliphatic rings. The fourth-order valence-electron chi connectivity index (χ4n) is 1.98. The van der Waals surface area contributed by atoms with Gasteiger partial charge < -0.3 is 15.0 Å². The number of rotatable bonds is 9. The Morgan fingerprint density at radius 1 is 1.50 bits per heavy atom. The van der Waals surface area contributed by atoms with Crippen LogP contribution in [-0.2, 0) is 4.74 Å². The Morgan fingerprint density at radius 3 is 2.80 bits per heavy atom. The number of carbonyl (C=O) groups is 1. The standard InChI is InChI=1S/C14H25N3O2S/c1-5-17(6-2)9-7-8-11(3)15-14-16-12(10-20-14)13(18)19-4/h10-11H,5-9H2,1-4H3,(H,15,16). The molecule has 0 aromatic carbocycles. The van der Waals surface area contributed by atoms with Crippen molar-refractivity contribution in [2.75, 3.05) is 32.1 Å². The number of nitrogens with one attached hydrogen (secondary N) is 1. The van der Waals surface area contributed by atoms with E-state index in [1.807, 2.05) is 0 Å². The average Bonchev–Trinajstić information content (AvgIpc) is 2.91. The lowest BCUT2D eigenvalue weighted by molar-refractivity contribution is 0.0595. The maximum atomic E-state index is 11.3. The minimum atomic E-state index is -0.386. The van der Waals surface area contributed by atoms with Crippen molar-refractivity contribution in [2.45, 2.75) is 39.7 Å². The maximum Gasteiger partial charge on any atom is 0.357 e. The van der Waals surface area contributed by atoms with E-state index in [2.05, 4.69) is 40.7 Å². The molecule has 6 heteroatoms. The van der Waals surface area contributed by atoms with Crippen molar-refractivity contribution in [3.63, 3.8) is 0 Å². The van der Waals surface area contributed by atoms with Crippen LogP contribution in [0.25, 0.3) is 0 Å². The third-order valence-corrected chi connectivity index (χ3v) is 4.05. The molecule has 1 unspecified atom stereocenters. The number of thiazole rings is 1. The van der Waals surface area contributed by atoms with E-state index in [4.69, 9.17) is 0 Å². The molecule has 1 aromatic rings. The molecule has 0 fully saturated rings. The first-order valence-corrected chi connectivity index (χ1v) is 8.01. The highest BCUT2D eigenvalue weighted by Gasteiger charge is 2.12. The van der Waals surface area contributed by atoms with Gasteiger partial charge in [-0.15, -0.1) is 11.3 Å². The summed E-state index contributed by atoms with van der Waals surface area (Å²) in [5.74, 6) is -0.386. The molecule has 1 aromatic heterocycles. The molecule has 114 valence electrons. The SMILES string of the molecule is CCN(CC)CCCC(C)Nc1nc(C(=O)OC)cs1. The van der Waals surface area contributed by atoms with Gasteiger partial charge in [0.15, 0.2) is 10.8 Å². The average molecular weight is 299 g/mol. The molecular weight excluding hydrogens is 274 g/mol. The number of carbonyl (C=O) groups excluding carboxylic acids is 1. The molecule has 0 spiro atoms. The number of esters is 1. The van der Waals surface area contributed by atoms with Gasteiger partial charge in [-0.1, -0.05) is 13.8 Å². The number of aromatic nitrogens is 1. The van der Waals surface area contributed by atoms with Gasteiger partial charge >= 0.3 is 5.97 Å². The first-order chi connectivity index (χ1) is 9.60. The minimum absolute atomic E-state index is 0.349. The lowest BCUT2D eigenvalue weighted by Crippen LogP contribution is -2.25. The molecule has 20 heavy (non-hydrogen) atoms. The summed E-state index contributed by atoms with van der Waals surface area (Å²) < 4.78 is 4.64. The molecule has 0 amide bonds. The van der Waals surface area contributed by atoms with Crippen molar-refractivity contribution in [3.05, 3.63) is 11.1 Å². The van der Waals surface area contributed by atoms with Gasteiger partial charge in [-0.2, -0.15) is 0 Å². The second-order valence-corrected chi connectivity index (χ2v) is 5.60. The fourth-order valence-corrected chi connectivity index (χ4v) is 2.77. The van der Waals surface area contributed by atoms with E-state index in [9.17, 15) is 4.79 Å². The van der Waals surface area contributed by atoms with E-state index >= 15 is 0 Å². The number of methoxy groups -OCH3 is 1. The Hall–Kier alpha value is -1.14. The summed E-state index contributed by atoms with van der Waals surface area (Å²) in [6, 6.07) is 0.349. The number of ether oxygens (including phenoxy) is 1. The van der Waals surface area contributed by atoms with Gasteiger partial charge in [0.2, 0.25) is 0 Å². The highest BCUT2D eigenvalue weighted by atomic mass is 32.1. The van der Waals surface area contributed by atoms with Crippen molar-refractivity contribution in [1.29, 1.82) is 0 Å². The number of hydrogen-bond acceptors (Lipinski definition) is 6. The van der Waals surface area contributed by atoms with Crippen LogP contribution in [0.3, 0.4) is 0 Å². The van der Waals surface area contributed by atoms with Gasteiger partial charge in [0, 0.05) is 11.4 Å². The highest BCUT2D eigenvalue weighted by Crippen LogP contribution is 2.18. The Bertz CT molecular complexity index is 405. The third-order valence-electron chi connectivity index (χ3n) is 3.27. The third kappa shape index (κ3) is 5.46. The Labute approximate surface area is 125 Å². The first-order valence-electron chi connectivity index (χ1n) is 7.13. The zero-order valence-electron chi connectivity index (χ0n) is 12.8. The van der Waals surface area contributed by atoms with Crippen LogP contribution in [0.1, 0.15) is 44.1 Å². The molecule has 0 aliphatic heterocycles. The fraction of sp³-hybridized carbons (Fsp3) is 0.714. The van der Waals surface area contributed by atoms with Crippen LogP contribution in [0.15, 0.2) is 5.38 Å². The molecule has 0 saturated heterocycles. The lowest BCUT2D eigenvalue weighted by Gasteiger charge is -2.19. The van der Waals surface area contributed by atoms with Crippen molar-refractivity contribution in [2.24, 2.45) is 0 Å². The zero-order chi connectivity index (χ0) is 15.0. The smallest absolute Gasteiger partial charge is 0.357 e. The van der Waals surface area contributed by atoms with Crippen LogP contribution in [0.4, 0.5) is 5.13 Å².